The number of carbonyl (C=O) groups is 2. The average Bonchev–Trinajstić information content (AvgIpc) is 2.66. The lowest BCUT2D eigenvalue weighted by Crippen LogP contribution is -2.37. The van der Waals surface area contributed by atoms with Crippen LogP contribution in [0.5, 0.6) is 0 Å². The van der Waals surface area contributed by atoms with Gasteiger partial charge in [0.25, 0.3) is 0 Å². The van der Waals surface area contributed by atoms with Crippen molar-refractivity contribution in [3.63, 3.8) is 0 Å². The van der Waals surface area contributed by atoms with Gasteiger partial charge < -0.3 is 10.0 Å². The maximum Gasteiger partial charge on any atom is 0.323 e. The van der Waals surface area contributed by atoms with Crippen molar-refractivity contribution in [1.29, 1.82) is 0 Å². The molecule has 1 amide bonds. The van der Waals surface area contributed by atoms with Crippen LogP contribution in [-0.2, 0) is 16.1 Å². The smallest absolute Gasteiger partial charge is 0.323 e. The second-order valence-electron chi connectivity index (χ2n) is 2.89. The summed E-state index contributed by atoms with van der Waals surface area (Å²) < 4.78 is 1.35. The molecular weight excluding hydrogens is 200 g/mol. The maximum atomic E-state index is 11.6. The molecule has 0 aliphatic rings. The Balaban J connectivity index is 2.54. The third-order valence-electron chi connectivity index (χ3n) is 1.82. The molecule has 1 aromatic heterocycles. The van der Waals surface area contributed by atoms with E-state index < -0.39 is 5.97 Å². The Morgan fingerprint density at radius 3 is 2.73 bits per heavy atom. The molecule has 0 saturated heterocycles. The van der Waals surface area contributed by atoms with E-state index in [-0.39, 0.29) is 19.0 Å². The molecule has 0 spiro atoms. The first-order valence-corrected chi connectivity index (χ1v) is 4.45. The first-order chi connectivity index (χ1) is 7.13. The van der Waals surface area contributed by atoms with Crippen LogP contribution in [0.25, 0.3) is 0 Å². The second kappa shape index (κ2) is 5.08. The van der Waals surface area contributed by atoms with Crippen molar-refractivity contribution < 1.29 is 14.7 Å². The fraction of sp³-hybridized carbons (Fsp3) is 0.500. The number of carboxylic acids is 1. The highest BCUT2D eigenvalue weighted by Crippen LogP contribution is 1.92. The summed E-state index contributed by atoms with van der Waals surface area (Å²) in [6, 6.07) is 0. The van der Waals surface area contributed by atoms with Crippen LogP contribution in [0.15, 0.2) is 12.7 Å². The normalized spacial score (nSPS) is 9.93. The molecule has 0 saturated carbocycles. The van der Waals surface area contributed by atoms with Crippen LogP contribution in [0.2, 0.25) is 0 Å². The van der Waals surface area contributed by atoms with E-state index in [2.05, 4.69) is 10.1 Å². The molecule has 1 rings (SSSR count). The molecule has 0 unspecified atom stereocenters. The van der Waals surface area contributed by atoms with Gasteiger partial charge in [0.15, 0.2) is 0 Å². The third kappa shape index (κ3) is 3.37. The van der Waals surface area contributed by atoms with Gasteiger partial charge in [0.1, 0.15) is 25.7 Å². The summed E-state index contributed by atoms with van der Waals surface area (Å²) in [5.74, 6) is -1.31. The number of likely N-dealkylation sites (N-methyl/N-ethyl adjacent to an activating group) is 1. The van der Waals surface area contributed by atoms with Crippen molar-refractivity contribution in [1.82, 2.24) is 19.7 Å². The zero-order valence-corrected chi connectivity index (χ0v) is 8.33. The fourth-order valence-electron chi connectivity index (χ4n) is 1.09. The van der Waals surface area contributed by atoms with E-state index in [0.717, 1.165) is 0 Å². The van der Waals surface area contributed by atoms with Crippen molar-refractivity contribution in [2.24, 2.45) is 0 Å². The van der Waals surface area contributed by atoms with Crippen LogP contribution < -0.4 is 0 Å². The van der Waals surface area contributed by atoms with Crippen LogP contribution in [0.3, 0.4) is 0 Å². The Bertz CT molecular complexity index is 336. The number of nitrogens with zero attached hydrogens (tertiary/aromatic N) is 4. The molecule has 0 bridgehead atoms. The van der Waals surface area contributed by atoms with E-state index in [1.54, 1.807) is 6.92 Å². The lowest BCUT2D eigenvalue weighted by atomic mass is 10.4. The number of aliphatic carboxylic acids is 1. The number of aromatic nitrogens is 3. The lowest BCUT2D eigenvalue weighted by molar-refractivity contribution is -0.144. The first-order valence-electron chi connectivity index (χ1n) is 4.45. The zero-order chi connectivity index (χ0) is 11.3. The predicted molar refractivity (Wildman–Crippen MR) is 49.9 cm³/mol. The van der Waals surface area contributed by atoms with Gasteiger partial charge in [0.05, 0.1) is 0 Å². The van der Waals surface area contributed by atoms with Crippen LogP contribution >= 0.6 is 0 Å². The molecule has 7 heteroatoms. The molecule has 1 N–H and O–H groups in total. The zero-order valence-electron chi connectivity index (χ0n) is 8.33. The van der Waals surface area contributed by atoms with Gasteiger partial charge in [-0.1, -0.05) is 0 Å². The Morgan fingerprint density at radius 1 is 1.53 bits per heavy atom. The maximum absolute atomic E-state index is 11.6. The molecule has 7 nitrogen and oxygen atoms in total. The van der Waals surface area contributed by atoms with Crippen LogP contribution in [-0.4, -0.2) is 49.7 Å². The molecule has 82 valence electrons. The minimum Gasteiger partial charge on any atom is -0.480 e. The van der Waals surface area contributed by atoms with Gasteiger partial charge in [-0.2, -0.15) is 5.10 Å². The summed E-state index contributed by atoms with van der Waals surface area (Å²) in [5, 5.41) is 12.3. The summed E-state index contributed by atoms with van der Waals surface area (Å²) in [5.41, 5.74) is 0. The summed E-state index contributed by atoms with van der Waals surface area (Å²) in [6.07, 6.45) is 2.73. The van der Waals surface area contributed by atoms with Gasteiger partial charge in [0, 0.05) is 6.54 Å². The Hall–Kier alpha value is -1.92. The van der Waals surface area contributed by atoms with Crippen molar-refractivity contribution >= 4 is 11.9 Å². The van der Waals surface area contributed by atoms with Crippen LogP contribution in [0, 0.1) is 0 Å². The van der Waals surface area contributed by atoms with Crippen molar-refractivity contribution in [3.05, 3.63) is 12.7 Å². The van der Waals surface area contributed by atoms with E-state index in [0.29, 0.717) is 6.54 Å². The molecule has 0 aromatic carbocycles. The van der Waals surface area contributed by atoms with Gasteiger partial charge in [0.2, 0.25) is 5.91 Å². The number of amides is 1. The number of hydrogen-bond donors (Lipinski definition) is 1. The minimum absolute atomic E-state index is 0.0150. The van der Waals surface area contributed by atoms with Gasteiger partial charge in [-0.3, -0.25) is 9.59 Å². The van der Waals surface area contributed by atoms with Gasteiger partial charge >= 0.3 is 5.97 Å². The summed E-state index contributed by atoms with van der Waals surface area (Å²) >= 11 is 0. The highest BCUT2D eigenvalue weighted by molar-refractivity contribution is 5.81. The van der Waals surface area contributed by atoms with Gasteiger partial charge in [-0.15, -0.1) is 0 Å². The Morgan fingerprint density at radius 2 is 2.27 bits per heavy atom. The highest BCUT2D eigenvalue weighted by Gasteiger charge is 2.15. The number of rotatable bonds is 5. The van der Waals surface area contributed by atoms with E-state index >= 15 is 0 Å². The molecule has 1 heterocycles. The first kappa shape index (κ1) is 11.2. The van der Waals surface area contributed by atoms with Gasteiger partial charge in [-0.25, -0.2) is 9.67 Å². The number of hydrogen-bond acceptors (Lipinski definition) is 4. The predicted octanol–water partition coefficient (Wildman–Crippen LogP) is -0.789. The second-order valence-corrected chi connectivity index (χ2v) is 2.89. The van der Waals surface area contributed by atoms with Crippen molar-refractivity contribution in [3.8, 4) is 0 Å². The summed E-state index contributed by atoms with van der Waals surface area (Å²) in [4.78, 5) is 26.9. The molecule has 0 aliphatic carbocycles. The lowest BCUT2D eigenvalue weighted by Gasteiger charge is -2.17. The van der Waals surface area contributed by atoms with E-state index in [9.17, 15) is 9.59 Å². The monoisotopic (exact) mass is 212 g/mol. The molecule has 0 aliphatic heterocycles. The molecule has 0 fully saturated rings. The molecule has 0 atom stereocenters. The van der Waals surface area contributed by atoms with E-state index in [1.807, 2.05) is 0 Å². The van der Waals surface area contributed by atoms with Crippen molar-refractivity contribution in [2.45, 2.75) is 13.5 Å². The summed E-state index contributed by atoms with van der Waals surface area (Å²) in [7, 11) is 0. The van der Waals surface area contributed by atoms with Crippen LogP contribution in [0.1, 0.15) is 6.92 Å². The van der Waals surface area contributed by atoms with E-state index in [4.69, 9.17) is 5.11 Å². The minimum atomic E-state index is -1.02. The van der Waals surface area contributed by atoms with Crippen LogP contribution in [0.4, 0.5) is 0 Å². The Labute approximate surface area is 86.3 Å². The third-order valence-corrected chi connectivity index (χ3v) is 1.82. The Kier molecular flexibility index (Phi) is 3.78. The SMILES string of the molecule is CCN(CC(=O)O)C(=O)Cn1cncn1. The molecular formula is C8H12N4O3. The molecule has 1 aromatic rings. The highest BCUT2D eigenvalue weighted by atomic mass is 16.4. The quantitative estimate of drug-likeness (QED) is 0.691. The number of carbonyl (C=O) groups excluding carboxylic acids is 1. The van der Waals surface area contributed by atoms with E-state index in [1.165, 1.54) is 22.2 Å². The molecule has 15 heavy (non-hydrogen) atoms. The van der Waals surface area contributed by atoms with Gasteiger partial charge in [-0.05, 0) is 6.92 Å². The standard InChI is InChI=1S/C8H12N4O3/c1-2-11(4-8(14)15)7(13)3-12-6-9-5-10-12/h5-6H,2-4H2,1H3,(H,14,15). The van der Waals surface area contributed by atoms with Crippen molar-refractivity contribution in [2.75, 3.05) is 13.1 Å². The molecule has 0 radical (unpaired) electrons. The average molecular weight is 212 g/mol. The fourth-order valence-corrected chi connectivity index (χ4v) is 1.09. The largest absolute Gasteiger partial charge is 0.480 e. The topological polar surface area (TPSA) is 88.3 Å². The summed E-state index contributed by atoms with van der Waals surface area (Å²) in [6.45, 7) is 1.81. The number of carboxylic acid groups (broad SMARTS) is 1.